The second kappa shape index (κ2) is 7.58. The lowest BCUT2D eigenvalue weighted by atomic mass is 9.99. The van der Waals surface area contributed by atoms with Gasteiger partial charge in [-0.15, -0.1) is 0 Å². The number of nitrogens with zero attached hydrogens (tertiary/aromatic N) is 3. The summed E-state index contributed by atoms with van der Waals surface area (Å²) in [6, 6.07) is 5.07. The number of rotatable bonds is 5. The third-order valence-electron chi connectivity index (χ3n) is 3.17. The first-order chi connectivity index (χ1) is 11.8. The van der Waals surface area contributed by atoms with E-state index >= 15 is 0 Å². The fraction of sp³-hybridized carbons (Fsp3) is 0.389. The molecule has 6 nitrogen and oxygen atoms in total. The molecule has 0 radical (unpaired) electrons. The normalized spacial score (nSPS) is 11.0. The average Bonchev–Trinajstić information content (AvgIpc) is 2.94. The van der Waals surface area contributed by atoms with Crippen LogP contribution in [0.1, 0.15) is 38.1 Å². The molecule has 0 bridgehead atoms. The van der Waals surface area contributed by atoms with Crippen molar-refractivity contribution in [2.75, 3.05) is 13.2 Å². The molecule has 0 saturated heterocycles. The lowest BCUT2D eigenvalue weighted by Gasteiger charge is -2.19. The third kappa shape index (κ3) is 4.52. The number of hydrogen-bond acceptors (Lipinski definition) is 4. The molecule has 1 heterocycles. The third-order valence-corrected chi connectivity index (χ3v) is 3.54. The molecule has 0 aliphatic carbocycles. The van der Waals surface area contributed by atoms with E-state index in [4.69, 9.17) is 27.6 Å². The zero-order valence-corrected chi connectivity index (χ0v) is 15.4. The number of ether oxygens (including phenoxy) is 2. The number of hydrogen-bond donors (Lipinski definition) is 0. The maximum atomic E-state index is 11.8. The van der Waals surface area contributed by atoms with E-state index in [1.54, 1.807) is 25.1 Å². The van der Waals surface area contributed by atoms with Gasteiger partial charge in [-0.25, -0.2) is 14.3 Å². The zero-order valence-electron chi connectivity index (χ0n) is 14.7. The number of carbonyl (C=O) groups is 1. The average molecular weight is 362 g/mol. The van der Waals surface area contributed by atoms with Gasteiger partial charge in [0.05, 0.1) is 31.7 Å². The zero-order chi connectivity index (χ0) is 18.6. The van der Waals surface area contributed by atoms with Gasteiger partial charge in [0.1, 0.15) is 16.5 Å². The van der Waals surface area contributed by atoms with Crippen LogP contribution in [0, 0.1) is 12.0 Å². The van der Waals surface area contributed by atoms with E-state index in [0.717, 1.165) is 0 Å². The topological polar surface area (TPSA) is 57.7 Å². The van der Waals surface area contributed by atoms with Gasteiger partial charge in [0.15, 0.2) is 0 Å². The molecule has 7 heteroatoms. The highest BCUT2D eigenvalue weighted by Gasteiger charge is 2.19. The summed E-state index contributed by atoms with van der Waals surface area (Å²) in [4.78, 5) is 15.3. The van der Waals surface area contributed by atoms with Crippen LogP contribution in [-0.4, -0.2) is 29.0 Å². The van der Waals surface area contributed by atoms with Crippen molar-refractivity contribution >= 4 is 23.3 Å². The Hall–Kier alpha value is -2.52. The number of aromatic nitrogens is 2. The van der Waals surface area contributed by atoms with Gasteiger partial charge in [-0.05, 0) is 30.5 Å². The van der Waals surface area contributed by atoms with Crippen molar-refractivity contribution in [3.8, 4) is 11.4 Å². The van der Waals surface area contributed by atoms with Crippen LogP contribution in [-0.2, 0) is 4.74 Å². The maximum absolute atomic E-state index is 11.8. The first-order valence-electron chi connectivity index (χ1n) is 7.82. The van der Waals surface area contributed by atoms with E-state index in [0.29, 0.717) is 23.7 Å². The lowest BCUT2D eigenvalue weighted by molar-refractivity contribution is 0.0526. The van der Waals surface area contributed by atoms with Gasteiger partial charge in [0.25, 0.3) is 0 Å². The van der Waals surface area contributed by atoms with Crippen LogP contribution in [0.5, 0.6) is 5.75 Å². The second-order valence-corrected chi connectivity index (χ2v) is 6.95. The summed E-state index contributed by atoms with van der Waals surface area (Å²) in [5.74, 6) is -0.0307. The number of esters is 1. The lowest BCUT2D eigenvalue weighted by Crippen LogP contribution is -2.16. The number of halogens is 1. The van der Waals surface area contributed by atoms with Crippen molar-refractivity contribution in [2.45, 2.75) is 27.7 Å². The van der Waals surface area contributed by atoms with Gasteiger partial charge in [-0.3, -0.25) is 0 Å². The monoisotopic (exact) mass is 361 g/mol. The van der Waals surface area contributed by atoms with Gasteiger partial charge < -0.3 is 9.47 Å². The molecule has 1 aromatic heterocycles. The predicted molar refractivity (Wildman–Crippen MR) is 95.7 cm³/mol. The summed E-state index contributed by atoms with van der Waals surface area (Å²) in [5, 5.41) is 4.26. The summed E-state index contributed by atoms with van der Waals surface area (Å²) in [5.41, 5.74) is 1.08. The Morgan fingerprint density at radius 1 is 1.40 bits per heavy atom. The minimum atomic E-state index is -0.533. The minimum absolute atomic E-state index is 0.0161. The number of benzene rings is 1. The molecule has 2 rings (SSSR count). The summed E-state index contributed by atoms with van der Waals surface area (Å²) in [7, 11) is 0. The Bertz CT molecular complexity index is 816. The van der Waals surface area contributed by atoms with Gasteiger partial charge in [0.2, 0.25) is 5.69 Å². The smallest absolute Gasteiger partial charge is 0.342 e. The quantitative estimate of drug-likeness (QED) is 0.573. The molecule has 0 amide bonds. The molecule has 0 atom stereocenters. The molecular weight excluding hydrogens is 342 g/mol. The molecule has 25 heavy (non-hydrogen) atoms. The van der Waals surface area contributed by atoms with E-state index < -0.39 is 5.97 Å². The summed E-state index contributed by atoms with van der Waals surface area (Å²) in [6.07, 6.45) is 1.35. The SMILES string of the molecule is [C-]#[N+]c1cc(-n2ncc(C(=O)OCC)c2Cl)ccc1OCC(C)(C)C. The number of carbonyl (C=O) groups excluding carboxylic acids is 1. The summed E-state index contributed by atoms with van der Waals surface area (Å²) >= 11 is 6.24. The molecule has 0 fully saturated rings. The molecule has 0 unspecified atom stereocenters. The van der Waals surface area contributed by atoms with Crippen molar-refractivity contribution in [3.63, 3.8) is 0 Å². The fourth-order valence-electron chi connectivity index (χ4n) is 2.00. The van der Waals surface area contributed by atoms with Crippen molar-refractivity contribution in [1.82, 2.24) is 9.78 Å². The van der Waals surface area contributed by atoms with Crippen LogP contribution >= 0.6 is 11.6 Å². The summed E-state index contributed by atoms with van der Waals surface area (Å²) in [6.45, 7) is 16.0. The highest BCUT2D eigenvalue weighted by Crippen LogP contribution is 2.32. The van der Waals surface area contributed by atoms with E-state index in [-0.39, 0.29) is 22.7 Å². The Kier molecular flexibility index (Phi) is 5.70. The predicted octanol–water partition coefficient (Wildman–Crippen LogP) is 4.68. The van der Waals surface area contributed by atoms with Crippen LogP contribution < -0.4 is 4.74 Å². The van der Waals surface area contributed by atoms with Crippen molar-refractivity contribution in [1.29, 1.82) is 0 Å². The Balaban J connectivity index is 2.33. The molecule has 132 valence electrons. The van der Waals surface area contributed by atoms with Crippen LogP contribution in [0.15, 0.2) is 24.4 Å². The molecule has 0 saturated carbocycles. The standard InChI is InChI=1S/C18H20ClN3O3/c1-6-24-17(23)13-10-21-22(16(13)19)12-7-8-15(14(9-12)20-5)25-11-18(2,3)4/h7-10H,6,11H2,1-4H3. The Morgan fingerprint density at radius 2 is 2.12 bits per heavy atom. The molecular formula is C18H20ClN3O3. The van der Waals surface area contributed by atoms with Gasteiger partial charge in [-0.2, -0.15) is 5.10 Å². The first-order valence-corrected chi connectivity index (χ1v) is 8.20. The fourth-order valence-corrected chi connectivity index (χ4v) is 2.27. The van der Waals surface area contributed by atoms with E-state index in [1.807, 2.05) is 0 Å². The van der Waals surface area contributed by atoms with Crippen molar-refractivity contribution in [3.05, 3.63) is 46.5 Å². The van der Waals surface area contributed by atoms with Crippen molar-refractivity contribution < 1.29 is 14.3 Å². The molecule has 0 aliphatic rings. The first kappa shape index (κ1) is 18.8. The van der Waals surface area contributed by atoms with Gasteiger partial charge in [0, 0.05) is 0 Å². The molecule has 0 aliphatic heterocycles. The van der Waals surface area contributed by atoms with Crippen LogP contribution in [0.2, 0.25) is 5.15 Å². The van der Waals surface area contributed by atoms with Crippen LogP contribution in [0.25, 0.3) is 10.5 Å². The second-order valence-electron chi connectivity index (χ2n) is 6.59. The maximum Gasteiger partial charge on any atom is 0.342 e. The van der Waals surface area contributed by atoms with Gasteiger partial charge in [-0.1, -0.05) is 32.4 Å². The highest BCUT2D eigenvalue weighted by atomic mass is 35.5. The highest BCUT2D eigenvalue weighted by molar-refractivity contribution is 6.32. The van der Waals surface area contributed by atoms with Gasteiger partial charge >= 0.3 is 5.97 Å². The van der Waals surface area contributed by atoms with E-state index in [9.17, 15) is 4.79 Å². The largest absolute Gasteiger partial charge is 0.504 e. The molecule has 1 aromatic carbocycles. The Morgan fingerprint density at radius 3 is 2.72 bits per heavy atom. The summed E-state index contributed by atoms with van der Waals surface area (Å²) < 4.78 is 12.1. The van der Waals surface area contributed by atoms with E-state index in [2.05, 4.69) is 30.7 Å². The van der Waals surface area contributed by atoms with Crippen LogP contribution in [0.4, 0.5) is 5.69 Å². The van der Waals surface area contributed by atoms with Crippen molar-refractivity contribution in [2.24, 2.45) is 5.41 Å². The minimum Gasteiger partial charge on any atom is -0.504 e. The molecule has 2 aromatic rings. The van der Waals surface area contributed by atoms with E-state index in [1.165, 1.54) is 10.9 Å². The molecule has 0 spiro atoms. The molecule has 0 N–H and O–H groups in total. The van der Waals surface area contributed by atoms with Crippen LogP contribution in [0.3, 0.4) is 0 Å². The Labute approximate surface area is 152 Å².